The first-order valence-electron chi connectivity index (χ1n) is 10.8. The number of piperazine rings is 1. The summed E-state index contributed by atoms with van der Waals surface area (Å²) in [4.78, 5) is 24.3. The van der Waals surface area contributed by atoms with Crippen molar-refractivity contribution >= 4 is 11.9 Å². The van der Waals surface area contributed by atoms with Gasteiger partial charge in [-0.05, 0) is 37.6 Å². The molecule has 0 amide bonds. The minimum Gasteiger partial charge on any atom is -0.478 e. The number of carboxylic acids is 2. The van der Waals surface area contributed by atoms with Crippen LogP contribution in [0.3, 0.4) is 0 Å². The van der Waals surface area contributed by atoms with Crippen molar-refractivity contribution in [1.29, 1.82) is 0 Å². The summed E-state index contributed by atoms with van der Waals surface area (Å²) in [5, 5.41) is 15.6. The topological polar surface area (TPSA) is 90.3 Å². The van der Waals surface area contributed by atoms with Gasteiger partial charge >= 0.3 is 11.9 Å². The molecular formula is C25H30N2O5. The van der Waals surface area contributed by atoms with Crippen molar-refractivity contribution in [3.8, 4) is 11.5 Å². The predicted octanol–water partition coefficient (Wildman–Crippen LogP) is 3.73. The molecule has 1 fully saturated rings. The molecule has 32 heavy (non-hydrogen) atoms. The van der Waals surface area contributed by atoms with Crippen molar-refractivity contribution in [3.63, 3.8) is 0 Å². The third kappa shape index (κ3) is 6.18. The molecule has 0 aliphatic carbocycles. The summed E-state index contributed by atoms with van der Waals surface area (Å²) in [7, 11) is 0. The Morgan fingerprint density at radius 1 is 1.00 bits per heavy atom. The third-order valence-corrected chi connectivity index (χ3v) is 5.79. The van der Waals surface area contributed by atoms with E-state index < -0.39 is 11.9 Å². The molecule has 2 aliphatic heterocycles. The van der Waals surface area contributed by atoms with Crippen molar-refractivity contribution in [1.82, 2.24) is 9.80 Å². The molecule has 0 aromatic heterocycles. The third-order valence-electron chi connectivity index (χ3n) is 5.79. The van der Waals surface area contributed by atoms with Gasteiger partial charge in [0.15, 0.2) is 0 Å². The lowest BCUT2D eigenvalue weighted by Gasteiger charge is -2.39. The number of fused-ring (bicyclic) bond motifs is 2. The Bertz CT molecular complexity index is 964. The summed E-state index contributed by atoms with van der Waals surface area (Å²) in [6.45, 7) is 10.2. The van der Waals surface area contributed by atoms with E-state index in [-0.39, 0.29) is 0 Å². The minimum absolute atomic E-state index is 0.405. The van der Waals surface area contributed by atoms with Crippen LogP contribution in [0.4, 0.5) is 0 Å². The first-order valence-corrected chi connectivity index (χ1v) is 10.8. The molecule has 4 rings (SSSR count). The van der Waals surface area contributed by atoms with E-state index in [1.165, 1.54) is 16.7 Å². The summed E-state index contributed by atoms with van der Waals surface area (Å²) in [6, 6.07) is 15.5. The van der Waals surface area contributed by atoms with Gasteiger partial charge in [0, 0.05) is 49.9 Å². The highest BCUT2D eigenvalue weighted by Crippen LogP contribution is 2.41. The van der Waals surface area contributed by atoms with E-state index in [0.717, 1.165) is 50.6 Å². The number of likely N-dealkylation sites (N-methyl/N-ethyl adjacent to an activating group) is 1. The van der Waals surface area contributed by atoms with Gasteiger partial charge in [-0.2, -0.15) is 0 Å². The normalized spacial score (nSPS) is 18.5. The fourth-order valence-corrected chi connectivity index (χ4v) is 4.09. The molecule has 170 valence electrons. The number of ether oxygens (including phenoxy) is 1. The number of aliphatic carboxylic acids is 2. The molecule has 0 spiro atoms. The molecule has 0 bridgehead atoms. The summed E-state index contributed by atoms with van der Waals surface area (Å²) in [6.07, 6.45) is 2.14. The van der Waals surface area contributed by atoms with E-state index in [9.17, 15) is 9.59 Å². The van der Waals surface area contributed by atoms with Gasteiger partial charge in [-0.1, -0.05) is 42.8 Å². The maximum Gasteiger partial charge on any atom is 0.328 e. The number of aryl methyl sites for hydroxylation is 1. The predicted molar refractivity (Wildman–Crippen MR) is 122 cm³/mol. The number of hydrogen-bond acceptors (Lipinski definition) is 5. The SMILES string of the molecule is CCN1CCN(C2Cc3ccccc3Oc3ccc(C)cc32)CC1.O=C(O)/C=C\C(=O)O. The summed E-state index contributed by atoms with van der Waals surface area (Å²) >= 11 is 0. The van der Waals surface area contributed by atoms with Gasteiger partial charge < -0.3 is 19.8 Å². The van der Waals surface area contributed by atoms with Crippen LogP contribution in [0.2, 0.25) is 0 Å². The second kappa shape index (κ2) is 10.9. The van der Waals surface area contributed by atoms with Crippen LogP contribution in [0.25, 0.3) is 0 Å². The van der Waals surface area contributed by atoms with E-state index >= 15 is 0 Å². The van der Waals surface area contributed by atoms with Gasteiger partial charge in [-0.3, -0.25) is 4.90 Å². The minimum atomic E-state index is -1.26. The fraction of sp³-hybridized carbons (Fsp3) is 0.360. The number of carbonyl (C=O) groups is 2. The molecule has 2 N–H and O–H groups in total. The number of hydrogen-bond donors (Lipinski definition) is 2. The van der Waals surface area contributed by atoms with Crippen molar-refractivity contribution in [3.05, 3.63) is 71.3 Å². The van der Waals surface area contributed by atoms with Gasteiger partial charge in [-0.25, -0.2) is 9.59 Å². The van der Waals surface area contributed by atoms with Crippen LogP contribution >= 0.6 is 0 Å². The van der Waals surface area contributed by atoms with Gasteiger partial charge in [0.2, 0.25) is 0 Å². The molecule has 0 saturated carbocycles. The quantitative estimate of drug-likeness (QED) is 0.703. The molecule has 2 aromatic carbocycles. The molecular weight excluding hydrogens is 408 g/mol. The van der Waals surface area contributed by atoms with Crippen LogP contribution in [0.5, 0.6) is 11.5 Å². The van der Waals surface area contributed by atoms with E-state index in [4.69, 9.17) is 14.9 Å². The lowest BCUT2D eigenvalue weighted by atomic mass is 9.95. The highest BCUT2D eigenvalue weighted by molar-refractivity contribution is 5.89. The lowest BCUT2D eigenvalue weighted by Crippen LogP contribution is -2.47. The van der Waals surface area contributed by atoms with E-state index in [1.807, 2.05) is 0 Å². The first kappa shape index (κ1) is 23.5. The molecule has 2 heterocycles. The number of benzene rings is 2. The Morgan fingerprint density at radius 3 is 2.28 bits per heavy atom. The smallest absolute Gasteiger partial charge is 0.328 e. The summed E-state index contributed by atoms with van der Waals surface area (Å²) in [5.74, 6) is -0.481. The van der Waals surface area contributed by atoms with Crippen LogP contribution in [-0.2, 0) is 16.0 Å². The monoisotopic (exact) mass is 438 g/mol. The Kier molecular flexibility index (Phi) is 8.03. The second-order valence-corrected chi connectivity index (χ2v) is 7.95. The molecule has 0 radical (unpaired) electrons. The van der Waals surface area contributed by atoms with Gasteiger partial charge in [0.25, 0.3) is 0 Å². The van der Waals surface area contributed by atoms with E-state index in [2.05, 4.69) is 66.1 Å². The molecule has 2 aromatic rings. The van der Waals surface area contributed by atoms with Crippen molar-refractivity contribution in [2.24, 2.45) is 0 Å². The van der Waals surface area contributed by atoms with Gasteiger partial charge in [-0.15, -0.1) is 0 Å². The molecule has 1 saturated heterocycles. The van der Waals surface area contributed by atoms with Gasteiger partial charge in [0.1, 0.15) is 11.5 Å². The zero-order valence-corrected chi connectivity index (χ0v) is 18.5. The molecule has 1 unspecified atom stereocenters. The Labute approximate surface area is 188 Å². The lowest BCUT2D eigenvalue weighted by molar-refractivity contribution is -0.134. The van der Waals surface area contributed by atoms with Crippen molar-refractivity contribution < 1.29 is 24.5 Å². The average Bonchev–Trinajstić information content (AvgIpc) is 2.95. The highest BCUT2D eigenvalue weighted by atomic mass is 16.5. The van der Waals surface area contributed by atoms with Crippen molar-refractivity contribution in [2.75, 3.05) is 32.7 Å². The maximum atomic E-state index is 9.55. The Morgan fingerprint density at radius 2 is 1.66 bits per heavy atom. The average molecular weight is 439 g/mol. The standard InChI is InChI=1S/C21H26N2O.C4H4O4/c1-3-22-10-12-23(13-11-22)19-15-17-6-4-5-7-20(17)24-21-9-8-16(2)14-18(19)21;5-3(6)1-2-4(7)8/h4-9,14,19H,3,10-13,15H2,1-2H3;1-2H,(H,5,6)(H,7,8)/b;2-1-. The number of para-hydroxylation sites is 1. The molecule has 7 nitrogen and oxygen atoms in total. The molecule has 1 atom stereocenters. The Hall–Kier alpha value is -3.16. The number of carboxylic acid groups (broad SMARTS) is 2. The second-order valence-electron chi connectivity index (χ2n) is 7.95. The molecule has 2 aliphatic rings. The van der Waals surface area contributed by atoms with Crippen LogP contribution in [0, 0.1) is 6.92 Å². The van der Waals surface area contributed by atoms with Crippen LogP contribution in [0.15, 0.2) is 54.6 Å². The van der Waals surface area contributed by atoms with Gasteiger partial charge in [0.05, 0.1) is 0 Å². The van der Waals surface area contributed by atoms with Crippen LogP contribution < -0.4 is 4.74 Å². The number of nitrogens with zero attached hydrogens (tertiary/aromatic N) is 2. The largest absolute Gasteiger partial charge is 0.478 e. The molecule has 7 heteroatoms. The highest BCUT2D eigenvalue weighted by Gasteiger charge is 2.30. The van der Waals surface area contributed by atoms with Crippen LogP contribution in [0.1, 0.15) is 29.7 Å². The summed E-state index contributed by atoms with van der Waals surface area (Å²) in [5.41, 5.74) is 3.96. The first-order chi connectivity index (χ1) is 15.4. The van der Waals surface area contributed by atoms with Crippen molar-refractivity contribution in [2.45, 2.75) is 26.3 Å². The zero-order chi connectivity index (χ0) is 23.1. The summed E-state index contributed by atoms with van der Waals surface area (Å²) < 4.78 is 6.28. The number of rotatable bonds is 4. The zero-order valence-electron chi connectivity index (χ0n) is 18.5. The Balaban J connectivity index is 0.000000312. The maximum absolute atomic E-state index is 9.55. The van der Waals surface area contributed by atoms with E-state index in [1.54, 1.807) is 0 Å². The van der Waals surface area contributed by atoms with Crippen LogP contribution in [-0.4, -0.2) is 64.7 Å². The fourth-order valence-electron chi connectivity index (χ4n) is 4.09. The van der Waals surface area contributed by atoms with E-state index in [0.29, 0.717) is 18.2 Å².